The van der Waals surface area contributed by atoms with Gasteiger partial charge in [-0.1, -0.05) is 6.07 Å². The van der Waals surface area contributed by atoms with E-state index in [2.05, 4.69) is 9.44 Å². The Morgan fingerprint density at radius 1 is 0.885 bits per heavy atom. The number of nitrogen functional groups attached to an aromatic ring is 1. The number of nitro benzene ring substituents is 1. The van der Waals surface area contributed by atoms with E-state index < -0.39 is 25.0 Å². The van der Waals surface area contributed by atoms with Gasteiger partial charge in [-0.3, -0.25) is 19.6 Å². The number of non-ortho nitro benzene ring substituents is 1. The van der Waals surface area contributed by atoms with Crippen LogP contribution in [0.4, 0.5) is 22.7 Å². The van der Waals surface area contributed by atoms with Crippen molar-refractivity contribution >= 4 is 42.8 Å². The second-order valence-electron chi connectivity index (χ2n) is 5.74. The highest BCUT2D eigenvalue weighted by molar-refractivity contribution is 7.92. The van der Waals surface area contributed by atoms with Crippen LogP contribution < -0.4 is 15.2 Å². The Kier molecular flexibility index (Phi) is 4.24. The molecule has 2 aliphatic heterocycles. The predicted molar refractivity (Wildman–Crippen MR) is 96.4 cm³/mol. The van der Waals surface area contributed by atoms with Gasteiger partial charge in [0.05, 0.1) is 27.8 Å². The van der Waals surface area contributed by atoms with Gasteiger partial charge < -0.3 is 5.73 Å². The Hall–Kier alpha value is -2.86. The van der Waals surface area contributed by atoms with E-state index in [0.29, 0.717) is 22.6 Å². The van der Waals surface area contributed by atoms with E-state index in [1.165, 1.54) is 18.2 Å². The number of sulfonamides is 2. The van der Waals surface area contributed by atoms with E-state index in [0.717, 1.165) is 5.56 Å². The lowest BCUT2D eigenvalue weighted by Crippen LogP contribution is -2.05. The van der Waals surface area contributed by atoms with Gasteiger partial charge in [-0.05, 0) is 29.3 Å². The van der Waals surface area contributed by atoms with Crippen molar-refractivity contribution in [3.05, 3.63) is 57.6 Å². The summed E-state index contributed by atoms with van der Waals surface area (Å²) in [6.07, 6.45) is 0. The lowest BCUT2D eigenvalue weighted by Gasteiger charge is -1.97. The Morgan fingerprint density at radius 2 is 1.38 bits per heavy atom. The number of hydrogen-bond donors (Lipinski definition) is 3. The molecule has 0 spiro atoms. The second kappa shape index (κ2) is 6.14. The lowest BCUT2D eigenvalue weighted by atomic mass is 10.2. The van der Waals surface area contributed by atoms with E-state index in [-0.39, 0.29) is 17.2 Å². The van der Waals surface area contributed by atoms with E-state index in [1.54, 1.807) is 18.2 Å². The number of nitrogens with two attached hydrogens (primary N) is 1. The van der Waals surface area contributed by atoms with Crippen LogP contribution in [0, 0.1) is 10.1 Å². The largest absolute Gasteiger partial charge is 0.399 e. The summed E-state index contributed by atoms with van der Waals surface area (Å²) in [6.45, 7) is 0. The zero-order valence-corrected chi connectivity index (χ0v) is 14.8. The number of fused-ring (bicyclic) bond motifs is 2. The summed E-state index contributed by atoms with van der Waals surface area (Å²) < 4.78 is 48.9. The van der Waals surface area contributed by atoms with Crippen LogP contribution in [0.2, 0.25) is 0 Å². The fraction of sp³-hybridized carbons (Fsp3) is 0.143. The number of nitro groups is 1. The van der Waals surface area contributed by atoms with Gasteiger partial charge in [-0.25, -0.2) is 16.8 Å². The standard InChI is InChI=1S/C7H6N2O4S.C7H8N2O2S/c10-9(11)6-2-1-5-4-14(12,13)8-7(5)3-6;8-6-2-1-5-4-12(10,11)9-7(5)3-6/h1-3,8H,4H2;1-3,9H,4,8H2. The number of rotatable bonds is 1. The van der Waals surface area contributed by atoms with Crippen LogP contribution >= 0.6 is 0 Å². The summed E-state index contributed by atoms with van der Waals surface area (Å²) in [7, 11) is -6.45. The molecule has 0 unspecified atom stereocenters. The molecule has 0 saturated heterocycles. The Labute approximate surface area is 149 Å². The Morgan fingerprint density at radius 3 is 1.92 bits per heavy atom. The highest BCUT2D eigenvalue weighted by Crippen LogP contribution is 2.30. The normalized spacial score (nSPS) is 17.7. The first-order chi connectivity index (χ1) is 12.0. The number of nitrogens with one attached hydrogen (secondary N) is 2. The monoisotopic (exact) mass is 398 g/mol. The molecular weight excluding hydrogens is 384 g/mol. The molecule has 2 aromatic carbocycles. The summed E-state index contributed by atoms with van der Waals surface area (Å²) in [5, 5.41) is 10.4. The molecular formula is C14H14N4O6S2. The van der Waals surface area contributed by atoms with Gasteiger partial charge in [-0.2, -0.15) is 0 Å². The highest BCUT2D eigenvalue weighted by Gasteiger charge is 2.25. The molecule has 0 aromatic heterocycles. The van der Waals surface area contributed by atoms with E-state index in [9.17, 15) is 26.9 Å². The summed E-state index contributed by atoms with van der Waals surface area (Å²) in [5.74, 6) is -0.0526. The Balaban J connectivity index is 0.000000152. The van der Waals surface area contributed by atoms with Crippen molar-refractivity contribution in [3.8, 4) is 0 Å². The molecule has 2 aromatic rings. The van der Waals surface area contributed by atoms with Crippen molar-refractivity contribution in [1.82, 2.24) is 0 Å². The summed E-state index contributed by atoms with van der Waals surface area (Å²) in [6, 6.07) is 9.01. The first kappa shape index (κ1) is 17.9. The van der Waals surface area contributed by atoms with Gasteiger partial charge in [0.1, 0.15) is 0 Å². The Bertz CT molecular complexity index is 1110. The van der Waals surface area contributed by atoms with Crippen LogP contribution in [0.1, 0.15) is 11.1 Å². The zero-order valence-electron chi connectivity index (χ0n) is 13.2. The summed E-state index contributed by atoms with van der Waals surface area (Å²) in [4.78, 5) is 9.83. The topological polar surface area (TPSA) is 162 Å². The number of benzene rings is 2. The minimum absolute atomic E-state index is 0.0581. The fourth-order valence-corrected chi connectivity index (χ4v) is 5.05. The SMILES string of the molecule is Nc1ccc2c(c1)NS(=O)(=O)C2.O=[N+]([O-])c1ccc2c(c1)NS(=O)(=O)C2. The van der Waals surface area contributed by atoms with Gasteiger partial charge in [0.15, 0.2) is 0 Å². The first-order valence-electron chi connectivity index (χ1n) is 7.21. The average Bonchev–Trinajstić information content (AvgIpc) is 2.98. The van der Waals surface area contributed by atoms with E-state index in [4.69, 9.17) is 5.73 Å². The number of hydrogen-bond acceptors (Lipinski definition) is 7. The van der Waals surface area contributed by atoms with Gasteiger partial charge in [0, 0.05) is 17.8 Å². The third-order valence-corrected chi connectivity index (χ3v) is 6.10. The van der Waals surface area contributed by atoms with Crippen LogP contribution in [0.3, 0.4) is 0 Å². The quantitative estimate of drug-likeness (QED) is 0.371. The van der Waals surface area contributed by atoms with Crippen molar-refractivity contribution in [3.63, 3.8) is 0 Å². The highest BCUT2D eigenvalue weighted by atomic mass is 32.2. The van der Waals surface area contributed by atoms with E-state index in [1.807, 2.05) is 0 Å². The summed E-state index contributed by atoms with van der Waals surface area (Å²) >= 11 is 0. The van der Waals surface area contributed by atoms with Gasteiger partial charge in [-0.15, -0.1) is 0 Å². The van der Waals surface area contributed by atoms with Crippen molar-refractivity contribution in [1.29, 1.82) is 0 Å². The van der Waals surface area contributed by atoms with E-state index >= 15 is 0 Å². The molecule has 26 heavy (non-hydrogen) atoms. The molecule has 10 nitrogen and oxygen atoms in total. The van der Waals surface area contributed by atoms with Gasteiger partial charge in [0.25, 0.3) is 5.69 Å². The molecule has 4 N–H and O–H groups in total. The molecule has 0 bridgehead atoms. The predicted octanol–water partition coefficient (Wildman–Crippen LogP) is 1.37. The molecule has 0 aliphatic carbocycles. The van der Waals surface area contributed by atoms with Crippen molar-refractivity contribution < 1.29 is 21.8 Å². The third kappa shape index (κ3) is 3.86. The fourth-order valence-electron chi connectivity index (χ4n) is 2.53. The van der Waals surface area contributed by atoms with Gasteiger partial charge in [0.2, 0.25) is 20.0 Å². The van der Waals surface area contributed by atoms with Crippen molar-refractivity contribution in [2.75, 3.05) is 15.2 Å². The number of nitrogens with zero attached hydrogens (tertiary/aromatic N) is 1. The molecule has 0 amide bonds. The molecule has 2 heterocycles. The molecule has 0 saturated carbocycles. The summed E-state index contributed by atoms with van der Waals surface area (Å²) in [5.41, 5.74) is 8.19. The first-order valence-corrected chi connectivity index (χ1v) is 10.5. The molecule has 2 aliphatic rings. The zero-order chi connectivity index (χ0) is 19.1. The van der Waals surface area contributed by atoms with Crippen LogP contribution in [0.15, 0.2) is 36.4 Å². The molecule has 0 radical (unpaired) electrons. The number of anilines is 3. The van der Waals surface area contributed by atoms with Crippen LogP contribution in [0.25, 0.3) is 0 Å². The molecule has 0 atom stereocenters. The maximum atomic E-state index is 11.1. The average molecular weight is 398 g/mol. The van der Waals surface area contributed by atoms with Crippen LogP contribution in [0.5, 0.6) is 0 Å². The lowest BCUT2D eigenvalue weighted by molar-refractivity contribution is -0.384. The maximum Gasteiger partial charge on any atom is 0.271 e. The van der Waals surface area contributed by atoms with Crippen molar-refractivity contribution in [2.45, 2.75) is 11.5 Å². The third-order valence-electron chi connectivity index (χ3n) is 3.66. The van der Waals surface area contributed by atoms with Crippen molar-refractivity contribution in [2.24, 2.45) is 0 Å². The molecule has 138 valence electrons. The van der Waals surface area contributed by atoms with Crippen LogP contribution in [-0.2, 0) is 31.6 Å². The van der Waals surface area contributed by atoms with Crippen LogP contribution in [-0.4, -0.2) is 21.8 Å². The smallest absolute Gasteiger partial charge is 0.271 e. The second-order valence-corrected chi connectivity index (χ2v) is 9.18. The van der Waals surface area contributed by atoms with Gasteiger partial charge >= 0.3 is 0 Å². The molecule has 12 heteroatoms. The maximum absolute atomic E-state index is 11.1. The molecule has 4 rings (SSSR count). The molecule has 0 fully saturated rings. The minimum atomic E-state index is -3.32. The minimum Gasteiger partial charge on any atom is -0.399 e.